The molecular formula is C26H44N4O6S. The molecule has 0 saturated heterocycles. The highest BCUT2D eigenvalue weighted by molar-refractivity contribution is 7.09. The van der Waals surface area contributed by atoms with E-state index in [-0.39, 0.29) is 41.8 Å². The van der Waals surface area contributed by atoms with E-state index in [9.17, 15) is 24.3 Å². The smallest absolute Gasteiger partial charge is 0.303 e. The van der Waals surface area contributed by atoms with Crippen LogP contribution in [0, 0.1) is 11.8 Å². The number of carboxylic acids is 1. The maximum absolute atomic E-state index is 13.8. The lowest BCUT2D eigenvalue weighted by molar-refractivity contribution is -0.908. The summed E-state index contributed by atoms with van der Waals surface area (Å²) in [5, 5.41) is 15.9. The van der Waals surface area contributed by atoms with Gasteiger partial charge in [-0.05, 0) is 25.7 Å². The number of ether oxygens (including phenoxy) is 1. The van der Waals surface area contributed by atoms with Crippen LogP contribution in [0.4, 0.5) is 0 Å². The number of carboxylic acid groups (broad SMARTS) is 1. The second-order valence-electron chi connectivity index (χ2n) is 11.4. The molecule has 2 amide bonds. The van der Waals surface area contributed by atoms with Crippen LogP contribution in [0.2, 0.25) is 0 Å². The molecule has 4 atom stereocenters. The van der Waals surface area contributed by atoms with Crippen LogP contribution in [-0.4, -0.2) is 83.9 Å². The van der Waals surface area contributed by atoms with Gasteiger partial charge in [-0.1, -0.05) is 34.1 Å². The summed E-state index contributed by atoms with van der Waals surface area (Å²) in [6, 6.07) is -1.13. The molecule has 1 aromatic heterocycles. The standard InChI is InChI=1S/C26H44N4O6S/c1-12-16(4)21(28-25(35)26(6,7)30(9,10)11)23(32)29(8)19(15(2)3)13-20(36-17(5)31)22-27-18(14-37-22)24(33)34/h14-16,19-21H,12-13H2,1-11H3,(H-,28,33,34,35)/t16?,19-,20-,21+/m1/s1. The van der Waals surface area contributed by atoms with Gasteiger partial charge in [0.25, 0.3) is 5.91 Å². The van der Waals surface area contributed by atoms with Gasteiger partial charge in [0.2, 0.25) is 5.91 Å². The highest BCUT2D eigenvalue weighted by Gasteiger charge is 2.44. The van der Waals surface area contributed by atoms with Gasteiger partial charge in [-0.3, -0.25) is 14.4 Å². The number of carbonyl (C=O) groups is 4. The third-order valence-electron chi connectivity index (χ3n) is 7.38. The molecule has 37 heavy (non-hydrogen) atoms. The van der Waals surface area contributed by atoms with E-state index in [0.29, 0.717) is 15.9 Å². The van der Waals surface area contributed by atoms with Gasteiger partial charge in [0.15, 0.2) is 11.6 Å². The van der Waals surface area contributed by atoms with Crippen LogP contribution in [-0.2, 0) is 19.1 Å². The van der Waals surface area contributed by atoms with Crippen molar-refractivity contribution >= 4 is 35.1 Å². The summed E-state index contributed by atoms with van der Waals surface area (Å²) >= 11 is 1.06. The van der Waals surface area contributed by atoms with Crippen molar-refractivity contribution in [1.29, 1.82) is 0 Å². The molecule has 1 unspecified atom stereocenters. The first-order valence-corrected chi connectivity index (χ1v) is 13.5. The first-order valence-electron chi connectivity index (χ1n) is 12.6. The average molecular weight is 541 g/mol. The summed E-state index contributed by atoms with van der Waals surface area (Å²) in [4.78, 5) is 55.9. The molecule has 0 radical (unpaired) electrons. The van der Waals surface area contributed by atoms with Crippen molar-refractivity contribution < 1.29 is 33.5 Å². The molecule has 1 aromatic rings. The van der Waals surface area contributed by atoms with Crippen LogP contribution >= 0.6 is 11.3 Å². The summed E-state index contributed by atoms with van der Waals surface area (Å²) in [6.45, 7) is 12.8. The maximum Gasteiger partial charge on any atom is 0.303 e. The monoisotopic (exact) mass is 540 g/mol. The molecule has 0 bridgehead atoms. The summed E-state index contributed by atoms with van der Waals surface area (Å²) in [5.41, 5.74) is -1.01. The molecule has 1 N–H and O–H groups in total. The molecule has 1 rings (SSSR count). The number of aromatic carboxylic acids is 1. The van der Waals surface area contributed by atoms with E-state index in [1.165, 1.54) is 12.3 Å². The second-order valence-corrected chi connectivity index (χ2v) is 12.3. The molecule has 11 heteroatoms. The quantitative estimate of drug-likeness (QED) is 0.299. The number of nitrogens with one attached hydrogen (secondary N) is 1. The lowest BCUT2D eigenvalue weighted by Gasteiger charge is -2.42. The minimum absolute atomic E-state index is 0.0384. The SMILES string of the molecule is CCC(C)[C@H](NC(=O)C(C)(C)[N+](C)(C)C)C(=O)N(C)[C@H](C[C@@H](OC(C)=O)c1nc(C(=O)[O-])cs1)C(C)C. The van der Waals surface area contributed by atoms with Crippen LogP contribution in [0.3, 0.4) is 0 Å². The maximum atomic E-state index is 13.8. The highest BCUT2D eigenvalue weighted by Crippen LogP contribution is 2.31. The van der Waals surface area contributed by atoms with Crippen molar-refractivity contribution in [3.05, 3.63) is 16.1 Å². The van der Waals surface area contributed by atoms with E-state index in [2.05, 4.69) is 10.3 Å². The number of rotatable bonds is 13. The Morgan fingerprint density at radius 3 is 2.16 bits per heavy atom. The van der Waals surface area contributed by atoms with Gasteiger partial charge in [-0.2, -0.15) is 0 Å². The van der Waals surface area contributed by atoms with E-state index in [4.69, 9.17) is 4.74 Å². The summed E-state index contributed by atoms with van der Waals surface area (Å²) < 4.78 is 5.89. The third-order valence-corrected chi connectivity index (χ3v) is 8.32. The minimum Gasteiger partial charge on any atom is -0.543 e. The highest BCUT2D eigenvalue weighted by atomic mass is 32.1. The number of hydrogen-bond donors (Lipinski definition) is 1. The summed E-state index contributed by atoms with van der Waals surface area (Å²) in [7, 11) is 7.47. The number of thiazole rings is 1. The molecule has 0 aromatic carbocycles. The zero-order chi connectivity index (χ0) is 28.9. The fraction of sp³-hybridized carbons (Fsp3) is 0.731. The van der Waals surface area contributed by atoms with E-state index >= 15 is 0 Å². The zero-order valence-corrected chi connectivity index (χ0v) is 24.9. The summed E-state index contributed by atoms with van der Waals surface area (Å²) in [6.07, 6.45) is 0.0560. The predicted molar refractivity (Wildman–Crippen MR) is 140 cm³/mol. The third kappa shape index (κ3) is 8.23. The molecule has 0 aliphatic heterocycles. The Morgan fingerprint density at radius 2 is 1.76 bits per heavy atom. The zero-order valence-electron chi connectivity index (χ0n) is 24.1. The number of esters is 1. The van der Waals surface area contributed by atoms with Crippen LogP contribution < -0.4 is 10.4 Å². The lowest BCUT2D eigenvalue weighted by Crippen LogP contribution is -2.65. The van der Waals surface area contributed by atoms with E-state index in [1.807, 2.05) is 62.7 Å². The number of likely N-dealkylation sites (N-methyl/N-ethyl adjacent to an activating group) is 2. The van der Waals surface area contributed by atoms with Gasteiger partial charge in [-0.15, -0.1) is 11.3 Å². The fourth-order valence-corrected chi connectivity index (χ4v) is 4.54. The van der Waals surface area contributed by atoms with Gasteiger partial charge in [-0.25, -0.2) is 4.98 Å². The van der Waals surface area contributed by atoms with Crippen molar-refractivity contribution in [1.82, 2.24) is 15.2 Å². The number of nitrogens with zero attached hydrogens (tertiary/aromatic N) is 3. The molecule has 0 aliphatic carbocycles. The Labute approximate surface area is 225 Å². The van der Waals surface area contributed by atoms with Gasteiger partial charge < -0.3 is 29.3 Å². The topological polar surface area (TPSA) is 129 Å². The number of carbonyl (C=O) groups excluding carboxylic acids is 4. The first-order chi connectivity index (χ1) is 16.8. The average Bonchev–Trinajstić information content (AvgIpc) is 3.28. The van der Waals surface area contributed by atoms with Crippen LogP contribution in [0.15, 0.2) is 5.38 Å². The van der Waals surface area contributed by atoms with Crippen molar-refractivity contribution in [3.63, 3.8) is 0 Å². The Hall–Kier alpha value is -2.53. The Balaban J connectivity index is 3.30. The normalized spacial score (nSPS) is 15.5. The van der Waals surface area contributed by atoms with E-state index < -0.39 is 29.6 Å². The van der Waals surface area contributed by atoms with Crippen molar-refractivity contribution in [2.24, 2.45) is 11.8 Å². The van der Waals surface area contributed by atoms with Gasteiger partial charge in [0, 0.05) is 31.8 Å². The lowest BCUT2D eigenvalue weighted by atomic mass is 9.92. The molecule has 210 valence electrons. The van der Waals surface area contributed by atoms with Gasteiger partial charge in [0.05, 0.1) is 32.8 Å². The second kappa shape index (κ2) is 12.8. The molecule has 0 fully saturated rings. The van der Waals surface area contributed by atoms with Crippen LogP contribution in [0.1, 0.15) is 82.9 Å². The van der Waals surface area contributed by atoms with Crippen LogP contribution in [0.25, 0.3) is 0 Å². The molecular weight excluding hydrogens is 496 g/mol. The van der Waals surface area contributed by atoms with Crippen molar-refractivity contribution in [2.75, 3.05) is 28.2 Å². The Morgan fingerprint density at radius 1 is 1.19 bits per heavy atom. The van der Waals surface area contributed by atoms with Crippen molar-refractivity contribution in [3.8, 4) is 0 Å². The van der Waals surface area contributed by atoms with Crippen LogP contribution in [0.5, 0.6) is 0 Å². The summed E-state index contributed by atoms with van der Waals surface area (Å²) in [5.74, 6) is -2.58. The Kier molecular flexibility index (Phi) is 11.3. The molecule has 0 spiro atoms. The van der Waals surface area contributed by atoms with E-state index in [0.717, 1.165) is 11.3 Å². The molecule has 10 nitrogen and oxygen atoms in total. The molecule has 0 saturated carbocycles. The number of amides is 2. The van der Waals surface area contributed by atoms with Gasteiger partial charge >= 0.3 is 5.97 Å². The molecule has 0 aliphatic rings. The predicted octanol–water partition coefficient (Wildman–Crippen LogP) is 2.00. The van der Waals surface area contributed by atoms with Crippen molar-refractivity contribution in [2.45, 2.75) is 85.0 Å². The number of aromatic nitrogens is 1. The minimum atomic E-state index is -1.42. The molecule has 1 heterocycles. The largest absolute Gasteiger partial charge is 0.543 e. The number of hydrogen-bond acceptors (Lipinski definition) is 8. The van der Waals surface area contributed by atoms with E-state index in [1.54, 1.807) is 11.9 Å². The Bertz CT molecular complexity index is 969. The first kappa shape index (κ1) is 32.5. The van der Waals surface area contributed by atoms with Gasteiger partial charge in [0.1, 0.15) is 11.0 Å². The number of quaternary nitrogens is 1. The fourth-order valence-electron chi connectivity index (χ4n) is 3.71.